The molecule has 0 spiro atoms. The number of rotatable bonds is 6. The summed E-state index contributed by atoms with van der Waals surface area (Å²) in [5.74, 6) is 2.60. The first-order valence-corrected chi connectivity index (χ1v) is 11.3. The van der Waals surface area contributed by atoms with Gasteiger partial charge in [-0.2, -0.15) is 5.10 Å². The molecule has 0 aliphatic carbocycles. The molecule has 0 radical (unpaired) electrons. The van der Waals surface area contributed by atoms with Crippen molar-refractivity contribution in [1.82, 2.24) is 24.6 Å². The van der Waals surface area contributed by atoms with Crippen LogP contribution in [0.25, 0.3) is 16.9 Å². The molecule has 5 rings (SSSR count). The van der Waals surface area contributed by atoms with E-state index < -0.39 is 0 Å². The van der Waals surface area contributed by atoms with Crippen molar-refractivity contribution in [2.75, 3.05) is 11.6 Å². The van der Waals surface area contributed by atoms with Crippen molar-refractivity contribution in [1.29, 1.82) is 0 Å². The molecule has 0 N–H and O–H groups in total. The summed E-state index contributed by atoms with van der Waals surface area (Å²) in [5.41, 5.74) is 3.95. The second-order valence-corrected chi connectivity index (χ2v) is 8.85. The maximum Gasteiger partial charge on any atom is 0.154 e. The molecule has 4 heterocycles. The smallest absolute Gasteiger partial charge is 0.154 e. The predicted octanol–water partition coefficient (Wildman–Crippen LogP) is 5.69. The minimum Gasteiger partial charge on any atom is -0.456 e. The molecule has 4 aromatic rings. The first-order valence-electron chi connectivity index (χ1n) is 11.3. The number of hydrogen-bond donors (Lipinski definition) is 0. The van der Waals surface area contributed by atoms with Crippen molar-refractivity contribution < 1.29 is 4.74 Å². The molecule has 168 valence electrons. The summed E-state index contributed by atoms with van der Waals surface area (Å²) in [4.78, 5) is 13.6. The maximum atomic E-state index is 6.19. The van der Waals surface area contributed by atoms with Gasteiger partial charge in [-0.15, -0.1) is 0 Å². The normalized spacial score (nSPS) is 13.6. The van der Waals surface area contributed by atoms with E-state index in [0.29, 0.717) is 17.7 Å². The Kier molecular flexibility index (Phi) is 5.46. The first-order chi connectivity index (χ1) is 16.0. The molecule has 33 heavy (non-hydrogen) atoms. The molecule has 1 aliphatic heterocycles. The van der Waals surface area contributed by atoms with Crippen LogP contribution in [0.15, 0.2) is 73.5 Å². The van der Waals surface area contributed by atoms with Crippen LogP contribution in [-0.4, -0.2) is 37.4 Å². The number of hydrogen-bond acceptors (Lipinski definition) is 6. The summed E-state index contributed by atoms with van der Waals surface area (Å²) >= 11 is 0. The molecule has 7 heteroatoms. The Hall–Kier alpha value is -3.87. The fraction of sp³-hybridized carbons (Fsp3) is 0.269. The van der Waals surface area contributed by atoms with Crippen molar-refractivity contribution in [3.8, 4) is 17.3 Å². The lowest BCUT2D eigenvalue weighted by atomic mass is 10.1. The molecule has 0 unspecified atom stereocenters. The van der Waals surface area contributed by atoms with Gasteiger partial charge in [0.2, 0.25) is 0 Å². The van der Waals surface area contributed by atoms with E-state index >= 15 is 0 Å². The molecule has 0 atom stereocenters. The monoisotopic (exact) mass is 440 g/mol. The predicted molar refractivity (Wildman–Crippen MR) is 131 cm³/mol. The topological polar surface area (TPSA) is 59.3 Å². The third-order valence-corrected chi connectivity index (χ3v) is 5.85. The largest absolute Gasteiger partial charge is 0.456 e. The zero-order valence-electron chi connectivity index (χ0n) is 19.4. The lowest BCUT2D eigenvalue weighted by Gasteiger charge is -2.24. The third-order valence-electron chi connectivity index (χ3n) is 5.85. The Labute approximate surface area is 193 Å². The van der Waals surface area contributed by atoms with Gasteiger partial charge in [-0.25, -0.2) is 14.6 Å². The van der Waals surface area contributed by atoms with E-state index in [9.17, 15) is 0 Å². The van der Waals surface area contributed by atoms with E-state index in [-0.39, 0.29) is 0 Å². The second kappa shape index (κ2) is 8.58. The highest BCUT2D eigenvalue weighted by Crippen LogP contribution is 2.29. The minimum absolute atomic E-state index is 0.413. The Morgan fingerprint density at radius 2 is 1.79 bits per heavy atom. The van der Waals surface area contributed by atoms with Crippen LogP contribution >= 0.6 is 0 Å². The molecule has 7 nitrogen and oxygen atoms in total. The third kappa shape index (κ3) is 4.26. The Balaban J connectivity index is 1.41. The van der Waals surface area contributed by atoms with Crippen molar-refractivity contribution >= 4 is 16.7 Å². The Bertz CT molecular complexity index is 1310. The van der Waals surface area contributed by atoms with Crippen LogP contribution in [0, 0.1) is 0 Å². The van der Waals surface area contributed by atoms with E-state index in [1.165, 1.54) is 5.56 Å². The maximum absolute atomic E-state index is 6.19. The van der Waals surface area contributed by atoms with Crippen LogP contribution in [0.3, 0.4) is 0 Å². The number of nitrogens with zero attached hydrogens (tertiary/aromatic N) is 6. The van der Waals surface area contributed by atoms with Gasteiger partial charge in [0, 0.05) is 42.5 Å². The molecule has 3 aromatic heterocycles. The van der Waals surface area contributed by atoms with Gasteiger partial charge < -0.3 is 14.5 Å². The van der Waals surface area contributed by atoms with Crippen LogP contribution in [0.4, 0.5) is 5.69 Å². The first kappa shape index (κ1) is 21.0. The van der Waals surface area contributed by atoms with Gasteiger partial charge >= 0.3 is 0 Å². The van der Waals surface area contributed by atoms with Gasteiger partial charge in [-0.05, 0) is 49.6 Å². The molecular formula is C26H28N6O. The van der Waals surface area contributed by atoms with E-state index in [1.807, 2.05) is 41.2 Å². The van der Waals surface area contributed by atoms with Crippen LogP contribution in [-0.2, 0) is 0 Å². The number of ether oxygens (including phenoxy) is 1. The van der Waals surface area contributed by atoms with Crippen molar-refractivity contribution in [3.63, 3.8) is 0 Å². The molecule has 1 aliphatic rings. The molecule has 0 saturated heterocycles. The fourth-order valence-corrected chi connectivity index (χ4v) is 3.84. The van der Waals surface area contributed by atoms with Crippen LogP contribution in [0.5, 0.6) is 11.5 Å². The van der Waals surface area contributed by atoms with Crippen LogP contribution in [0.2, 0.25) is 0 Å². The highest BCUT2D eigenvalue weighted by atomic mass is 16.5. The van der Waals surface area contributed by atoms with Crippen LogP contribution < -0.4 is 9.64 Å². The summed E-state index contributed by atoms with van der Waals surface area (Å²) < 4.78 is 8.01. The van der Waals surface area contributed by atoms with Gasteiger partial charge in [-0.1, -0.05) is 19.9 Å². The van der Waals surface area contributed by atoms with Gasteiger partial charge in [0.25, 0.3) is 0 Å². The molecule has 0 bridgehead atoms. The molecule has 0 saturated carbocycles. The van der Waals surface area contributed by atoms with Gasteiger partial charge in [-0.3, -0.25) is 0 Å². The summed E-state index contributed by atoms with van der Waals surface area (Å²) in [6.07, 6.45) is 9.53. The molecule has 0 fully saturated rings. The number of fused-ring (bicyclic) bond motifs is 1. The summed E-state index contributed by atoms with van der Waals surface area (Å²) in [7, 11) is 0. The van der Waals surface area contributed by atoms with E-state index in [2.05, 4.69) is 77.1 Å². The number of pyridine rings is 2. The van der Waals surface area contributed by atoms with Gasteiger partial charge in [0.05, 0.1) is 24.6 Å². The highest BCUT2D eigenvalue weighted by Gasteiger charge is 2.17. The Morgan fingerprint density at radius 1 is 0.909 bits per heavy atom. The highest BCUT2D eigenvalue weighted by molar-refractivity contribution is 5.77. The van der Waals surface area contributed by atoms with Crippen molar-refractivity contribution in [3.05, 3.63) is 79.0 Å². The van der Waals surface area contributed by atoms with Gasteiger partial charge in [0.1, 0.15) is 17.0 Å². The molecule has 0 amide bonds. The van der Waals surface area contributed by atoms with E-state index in [1.54, 1.807) is 12.4 Å². The SMILES string of the molecule is CC(C)c1ccnc(-n2ncc3ncc(Oc4cccc(N5C=CN(C(C)C)C5)c4)cc32)c1. The lowest BCUT2D eigenvalue weighted by Crippen LogP contribution is -2.30. The summed E-state index contributed by atoms with van der Waals surface area (Å²) in [6.45, 7) is 9.54. The van der Waals surface area contributed by atoms with E-state index in [0.717, 1.165) is 35.0 Å². The quantitative estimate of drug-likeness (QED) is 0.384. The zero-order chi connectivity index (χ0) is 22.9. The lowest BCUT2D eigenvalue weighted by molar-refractivity contribution is 0.336. The van der Waals surface area contributed by atoms with E-state index in [4.69, 9.17) is 4.74 Å². The zero-order valence-corrected chi connectivity index (χ0v) is 19.4. The average molecular weight is 441 g/mol. The molecular weight excluding hydrogens is 412 g/mol. The summed E-state index contributed by atoms with van der Waals surface area (Å²) in [5, 5.41) is 4.52. The minimum atomic E-state index is 0.413. The Morgan fingerprint density at radius 3 is 2.58 bits per heavy atom. The second-order valence-electron chi connectivity index (χ2n) is 8.85. The van der Waals surface area contributed by atoms with Crippen molar-refractivity contribution in [2.45, 2.75) is 39.7 Å². The van der Waals surface area contributed by atoms with Crippen LogP contribution in [0.1, 0.15) is 39.2 Å². The number of benzene rings is 1. The average Bonchev–Trinajstić information content (AvgIpc) is 3.47. The number of anilines is 1. The standard InChI is InChI=1S/C26H28N6O/c1-18(2)20-8-9-27-26(12-20)32-25-14-23(15-28-24(25)16-29-32)33-22-7-5-6-21(13-22)31-11-10-30(17-31)19(3)4/h5-16,18-19H,17H2,1-4H3. The molecule has 1 aromatic carbocycles. The van der Waals surface area contributed by atoms with Crippen molar-refractivity contribution in [2.24, 2.45) is 0 Å². The fourth-order valence-electron chi connectivity index (χ4n) is 3.84. The summed E-state index contributed by atoms with van der Waals surface area (Å²) in [6, 6.07) is 14.6. The number of aromatic nitrogens is 4. The van der Waals surface area contributed by atoms with Gasteiger partial charge in [0.15, 0.2) is 5.82 Å².